The van der Waals surface area contributed by atoms with Crippen molar-refractivity contribution in [3.8, 4) is 6.07 Å². The molecule has 0 amide bonds. The summed E-state index contributed by atoms with van der Waals surface area (Å²) in [6, 6.07) is 2.67. The number of carbonyl (C=O) groups excluding carboxylic acids is 1. The minimum absolute atomic E-state index is 0.103. The van der Waals surface area contributed by atoms with Crippen LogP contribution in [-0.2, 0) is 11.1 Å². The van der Waals surface area contributed by atoms with Gasteiger partial charge in [0, 0.05) is 14.5 Å². The van der Waals surface area contributed by atoms with Gasteiger partial charge in [0.1, 0.15) is 5.15 Å². The van der Waals surface area contributed by atoms with Crippen LogP contribution >= 0.6 is 11.6 Å². The van der Waals surface area contributed by atoms with E-state index in [1.807, 2.05) is 0 Å². The first kappa shape index (κ1) is 7.77. The fourth-order valence-corrected chi connectivity index (χ4v) is 1.10. The van der Waals surface area contributed by atoms with E-state index in [0.29, 0.717) is 0 Å². The Hall–Kier alpha value is -1.60. The van der Waals surface area contributed by atoms with Gasteiger partial charge in [-0.1, -0.05) is 11.6 Å². The number of rotatable bonds is 2. The van der Waals surface area contributed by atoms with Crippen LogP contribution in [0.15, 0.2) is 12.3 Å². The van der Waals surface area contributed by atoms with E-state index in [1.54, 1.807) is 0 Å². The van der Waals surface area contributed by atoms with E-state index in [9.17, 15) is 4.79 Å². The van der Waals surface area contributed by atoms with Crippen molar-refractivity contribution in [2.75, 3.05) is 7.11 Å². The monoisotopic (exact) mass is 212 g/mol. The second-order valence-corrected chi connectivity index (χ2v) is 2.61. The molecule has 1 aromatic heterocycles. The van der Waals surface area contributed by atoms with Crippen molar-refractivity contribution in [2.45, 2.75) is 6.37 Å². The average Bonchev–Trinajstić information content (AvgIpc) is 2.27. The van der Waals surface area contributed by atoms with Gasteiger partial charge in [-0.05, 0) is 6.07 Å². The van der Waals surface area contributed by atoms with E-state index in [4.69, 9.17) is 19.6 Å². The van der Waals surface area contributed by atoms with Crippen LogP contribution in [0.5, 0.6) is 0 Å². The first-order valence-corrected chi connectivity index (χ1v) is 3.96. The number of pyridine rings is 1. The number of nitriles is 1. The predicted octanol–water partition coefficient (Wildman–Crippen LogP) is 1.59. The molecule has 0 saturated carbocycles. The highest BCUT2D eigenvalue weighted by Crippen LogP contribution is 2.18. The summed E-state index contributed by atoms with van der Waals surface area (Å²) in [5, 5.41) is 8.46. The fraction of sp³-hybridized carbons (Fsp3) is 0.222. The molecule has 0 N–H and O–H groups in total. The molecule has 0 aliphatic carbocycles. The van der Waals surface area contributed by atoms with Crippen molar-refractivity contribution in [3.05, 3.63) is 28.5 Å². The molecule has 0 atom stereocenters. The molecule has 1 aromatic rings. The van der Waals surface area contributed by atoms with Crippen molar-refractivity contribution in [3.63, 3.8) is 0 Å². The number of halogens is 1. The SMILES string of the molecule is [2H]C([2H])(C#N)c1c(C(=O)OC)ccnc1Cl. The average molecular weight is 213 g/mol. The van der Waals surface area contributed by atoms with Gasteiger partial charge in [-0.25, -0.2) is 9.78 Å². The Morgan fingerprint density at radius 1 is 1.93 bits per heavy atom. The van der Waals surface area contributed by atoms with Crippen LogP contribution in [0, 0.1) is 11.3 Å². The third-order valence-electron chi connectivity index (χ3n) is 1.49. The van der Waals surface area contributed by atoms with Crippen LogP contribution in [0.25, 0.3) is 0 Å². The van der Waals surface area contributed by atoms with E-state index in [2.05, 4.69) is 9.72 Å². The molecule has 0 aliphatic rings. The lowest BCUT2D eigenvalue weighted by Crippen LogP contribution is -2.06. The molecule has 72 valence electrons. The molecule has 0 bridgehead atoms. The Morgan fingerprint density at radius 3 is 3.21 bits per heavy atom. The first-order valence-electron chi connectivity index (χ1n) is 4.58. The molecule has 4 nitrogen and oxygen atoms in total. The number of carbonyl (C=O) groups is 1. The molecule has 0 radical (unpaired) electrons. The van der Waals surface area contributed by atoms with Gasteiger partial charge in [-0.2, -0.15) is 5.26 Å². The van der Waals surface area contributed by atoms with E-state index in [1.165, 1.54) is 18.3 Å². The minimum Gasteiger partial charge on any atom is -0.465 e. The van der Waals surface area contributed by atoms with Gasteiger partial charge >= 0.3 is 5.97 Å². The molecule has 0 unspecified atom stereocenters. The Bertz CT molecular complexity index is 471. The Kier molecular flexibility index (Phi) is 2.54. The molecule has 0 spiro atoms. The molecule has 0 fully saturated rings. The van der Waals surface area contributed by atoms with Gasteiger partial charge in [0.05, 0.1) is 25.1 Å². The molecule has 0 aromatic carbocycles. The van der Waals surface area contributed by atoms with Crippen molar-refractivity contribution in [1.29, 1.82) is 5.26 Å². The van der Waals surface area contributed by atoms with Gasteiger partial charge < -0.3 is 4.74 Å². The van der Waals surface area contributed by atoms with Gasteiger partial charge in [-0.15, -0.1) is 0 Å². The lowest BCUT2D eigenvalue weighted by atomic mass is 10.1. The van der Waals surface area contributed by atoms with E-state index in [0.717, 1.165) is 7.11 Å². The summed E-state index contributed by atoms with van der Waals surface area (Å²) >= 11 is 5.68. The Labute approximate surface area is 88.9 Å². The molecular weight excluding hydrogens is 204 g/mol. The third kappa shape index (κ3) is 2.01. The summed E-state index contributed by atoms with van der Waals surface area (Å²) in [6.07, 6.45) is -1.15. The molecule has 5 heteroatoms. The highest BCUT2D eigenvalue weighted by Gasteiger charge is 2.14. The van der Waals surface area contributed by atoms with Gasteiger partial charge in [-0.3, -0.25) is 0 Å². The Morgan fingerprint density at radius 2 is 2.64 bits per heavy atom. The summed E-state index contributed by atoms with van der Waals surface area (Å²) in [5.74, 6) is -0.765. The maximum atomic E-state index is 11.4. The lowest BCUT2D eigenvalue weighted by molar-refractivity contribution is 0.0599. The summed E-state index contributed by atoms with van der Waals surface area (Å²) in [4.78, 5) is 15.0. The zero-order chi connectivity index (χ0) is 12.3. The maximum absolute atomic E-state index is 11.4. The number of ether oxygens (including phenoxy) is 1. The molecular formula is C9H7ClN2O2. The van der Waals surface area contributed by atoms with Crippen molar-refractivity contribution >= 4 is 17.6 Å². The van der Waals surface area contributed by atoms with E-state index < -0.39 is 12.3 Å². The lowest BCUT2D eigenvalue weighted by Gasteiger charge is -2.05. The van der Waals surface area contributed by atoms with Crippen LogP contribution in [0.1, 0.15) is 18.7 Å². The molecule has 0 saturated heterocycles. The zero-order valence-corrected chi connectivity index (χ0v) is 8.00. The van der Waals surface area contributed by atoms with E-state index >= 15 is 0 Å². The summed E-state index contributed by atoms with van der Waals surface area (Å²) in [7, 11) is 1.16. The van der Waals surface area contributed by atoms with Crippen LogP contribution in [0.4, 0.5) is 0 Å². The number of esters is 1. The Balaban J connectivity index is 3.48. The van der Waals surface area contributed by atoms with Gasteiger partial charge in [0.15, 0.2) is 0 Å². The van der Waals surface area contributed by atoms with Crippen LogP contribution in [-0.4, -0.2) is 18.1 Å². The zero-order valence-electron chi connectivity index (χ0n) is 9.24. The minimum atomic E-state index is -2.39. The number of hydrogen-bond acceptors (Lipinski definition) is 4. The standard InChI is InChI=1S/C9H7ClN2O2/c1-14-9(13)7-3-5-12-8(10)6(7)2-4-11/h3,5H,2H2,1H3/i2D2. The smallest absolute Gasteiger partial charge is 0.338 e. The molecule has 1 heterocycles. The maximum Gasteiger partial charge on any atom is 0.338 e. The van der Waals surface area contributed by atoms with Gasteiger partial charge in [0.2, 0.25) is 0 Å². The molecule has 0 aliphatic heterocycles. The van der Waals surface area contributed by atoms with Crippen molar-refractivity contribution < 1.29 is 12.3 Å². The third-order valence-corrected chi connectivity index (χ3v) is 1.78. The topological polar surface area (TPSA) is 63.0 Å². The predicted molar refractivity (Wildman–Crippen MR) is 49.9 cm³/mol. The number of aromatic nitrogens is 1. The number of methoxy groups -OCH3 is 1. The van der Waals surface area contributed by atoms with Crippen molar-refractivity contribution in [1.82, 2.24) is 4.98 Å². The van der Waals surface area contributed by atoms with Crippen LogP contribution < -0.4 is 0 Å². The second-order valence-electron chi connectivity index (χ2n) is 2.25. The number of hydrogen-bond donors (Lipinski definition) is 0. The second kappa shape index (κ2) is 4.58. The highest BCUT2D eigenvalue weighted by atomic mass is 35.5. The quantitative estimate of drug-likeness (QED) is 0.552. The number of nitrogens with zero attached hydrogens (tertiary/aromatic N) is 2. The van der Waals surface area contributed by atoms with E-state index in [-0.39, 0.29) is 16.3 Å². The summed E-state index contributed by atoms with van der Waals surface area (Å²) in [5.41, 5.74) is -0.375. The van der Waals surface area contributed by atoms with Crippen LogP contribution in [0.3, 0.4) is 0 Å². The molecule has 1 rings (SSSR count). The fourth-order valence-electron chi connectivity index (χ4n) is 0.891. The summed E-state index contributed by atoms with van der Waals surface area (Å²) in [6.45, 7) is 0. The van der Waals surface area contributed by atoms with Crippen LogP contribution in [0.2, 0.25) is 5.15 Å². The largest absolute Gasteiger partial charge is 0.465 e. The van der Waals surface area contributed by atoms with Gasteiger partial charge in [0.25, 0.3) is 0 Å². The summed E-state index contributed by atoms with van der Waals surface area (Å²) < 4.78 is 19.3. The highest BCUT2D eigenvalue weighted by molar-refractivity contribution is 6.30. The molecule has 14 heavy (non-hydrogen) atoms. The first-order chi connectivity index (χ1) is 7.44. The normalized spacial score (nSPS) is 12.4. The van der Waals surface area contributed by atoms with Crippen molar-refractivity contribution in [2.24, 2.45) is 0 Å².